The van der Waals surface area contributed by atoms with Crippen molar-refractivity contribution in [2.45, 2.75) is 36.9 Å². The molecule has 0 radical (unpaired) electrons. The topological polar surface area (TPSA) is 122 Å². The summed E-state index contributed by atoms with van der Waals surface area (Å²) in [4.78, 5) is 23.7. The van der Waals surface area contributed by atoms with Crippen LogP contribution in [0.1, 0.15) is 30.1 Å². The van der Waals surface area contributed by atoms with E-state index in [2.05, 4.69) is 0 Å². The fraction of sp³-hybridized carbons (Fsp3) is 0.500. The highest BCUT2D eigenvalue weighted by molar-refractivity contribution is 7.89. The lowest BCUT2D eigenvalue weighted by Crippen LogP contribution is -2.28. The monoisotopic (exact) mass is 371 g/mol. The van der Waals surface area contributed by atoms with Gasteiger partial charge in [-0.3, -0.25) is 4.79 Å². The van der Waals surface area contributed by atoms with Crippen LogP contribution in [0.2, 0.25) is 0 Å². The molecule has 1 saturated heterocycles. The molecular formula is C16H21NO7S. The Bertz CT molecular complexity index is 709. The van der Waals surface area contributed by atoms with E-state index in [-0.39, 0.29) is 16.6 Å². The highest BCUT2D eigenvalue weighted by Gasteiger charge is 2.21. The third kappa shape index (κ3) is 5.89. The first-order valence-electron chi connectivity index (χ1n) is 7.83. The molecule has 2 rings (SSSR count). The van der Waals surface area contributed by atoms with Crippen LogP contribution in [0.5, 0.6) is 0 Å². The molecule has 0 bridgehead atoms. The Labute approximate surface area is 146 Å². The number of ether oxygens (including phenoxy) is 3. The van der Waals surface area contributed by atoms with E-state index in [0.29, 0.717) is 13.2 Å². The number of primary sulfonamides is 1. The molecule has 2 atom stereocenters. The largest absolute Gasteiger partial charge is 0.455 e. The van der Waals surface area contributed by atoms with Gasteiger partial charge in [0.05, 0.1) is 17.6 Å². The second kappa shape index (κ2) is 8.52. The summed E-state index contributed by atoms with van der Waals surface area (Å²) >= 11 is 0. The summed E-state index contributed by atoms with van der Waals surface area (Å²) < 4.78 is 38.0. The van der Waals surface area contributed by atoms with Gasteiger partial charge < -0.3 is 14.2 Å². The van der Waals surface area contributed by atoms with Crippen molar-refractivity contribution in [3.8, 4) is 0 Å². The van der Waals surface area contributed by atoms with Gasteiger partial charge in [-0.2, -0.15) is 0 Å². The first-order chi connectivity index (χ1) is 11.8. The number of rotatable bonds is 8. The van der Waals surface area contributed by atoms with Gasteiger partial charge in [-0.25, -0.2) is 18.4 Å². The van der Waals surface area contributed by atoms with Crippen molar-refractivity contribution < 1.29 is 32.2 Å². The van der Waals surface area contributed by atoms with Crippen molar-refractivity contribution in [2.75, 3.05) is 19.8 Å². The number of benzene rings is 1. The minimum absolute atomic E-state index is 0.00535. The summed E-state index contributed by atoms with van der Waals surface area (Å²) in [6, 6.07) is 5.07. The van der Waals surface area contributed by atoms with Crippen LogP contribution in [-0.4, -0.2) is 52.2 Å². The van der Waals surface area contributed by atoms with Crippen molar-refractivity contribution in [3.63, 3.8) is 0 Å². The average molecular weight is 371 g/mol. The number of Topliss-reactive ketones (excluding diaryl/α,β-unsaturated/α-hetero) is 1. The van der Waals surface area contributed by atoms with Gasteiger partial charge in [0, 0.05) is 12.2 Å². The molecule has 25 heavy (non-hydrogen) atoms. The number of hydrogen-bond donors (Lipinski definition) is 1. The molecule has 1 heterocycles. The molecule has 1 aliphatic rings. The summed E-state index contributed by atoms with van der Waals surface area (Å²) in [5.74, 6) is -1.10. The fourth-order valence-corrected chi connectivity index (χ4v) is 2.78. The van der Waals surface area contributed by atoms with Gasteiger partial charge in [-0.1, -0.05) is 0 Å². The number of sulfonamides is 1. The van der Waals surface area contributed by atoms with Crippen molar-refractivity contribution >= 4 is 21.8 Å². The summed E-state index contributed by atoms with van der Waals surface area (Å²) in [6.45, 7) is 2.09. The molecule has 0 saturated carbocycles. The van der Waals surface area contributed by atoms with Crippen LogP contribution < -0.4 is 5.14 Å². The van der Waals surface area contributed by atoms with Gasteiger partial charge in [-0.05, 0) is 44.0 Å². The minimum atomic E-state index is -3.82. The molecule has 1 aromatic rings. The van der Waals surface area contributed by atoms with Gasteiger partial charge in [0.2, 0.25) is 10.0 Å². The van der Waals surface area contributed by atoms with E-state index in [1.54, 1.807) is 6.92 Å². The molecular weight excluding hydrogens is 350 g/mol. The Morgan fingerprint density at radius 3 is 2.56 bits per heavy atom. The summed E-state index contributed by atoms with van der Waals surface area (Å²) in [5.41, 5.74) is 0.216. The SMILES string of the molecule is CC(OCC1CCCO1)C(=O)OCC(=O)c1ccc(S(N)(=O)=O)cc1. The van der Waals surface area contributed by atoms with Crippen LogP contribution in [0.25, 0.3) is 0 Å². The lowest BCUT2D eigenvalue weighted by Gasteiger charge is -2.15. The van der Waals surface area contributed by atoms with Gasteiger partial charge in [-0.15, -0.1) is 0 Å². The fourth-order valence-electron chi connectivity index (χ4n) is 2.26. The number of hydrogen-bond acceptors (Lipinski definition) is 7. The maximum Gasteiger partial charge on any atom is 0.335 e. The Morgan fingerprint density at radius 1 is 1.32 bits per heavy atom. The summed E-state index contributed by atoms with van der Waals surface area (Å²) in [6.07, 6.45) is 1.07. The maximum absolute atomic E-state index is 12.0. The highest BCUT2D eigenvalue weighted by atomic mass is 32.2. The van der Waals surface area contributed by atoms with Crippen molar-refractivity contribution in [2.24, 2.45) is 5.14 Å². The molecule has 0 amide bonds. The number of ketones is 1. The first kappa shape index (κ1) is 19.5. The van der Waals surface area contributed by atoms with E-state index < -0.39 is 34.5 Å². The quantitative estimate of drug-likeness (QED) is 0.526. The average Bonchev–Trinajstić information content (AvgIpc) is 3.10. The van der Waals surface area contributed by atoms with E-state index in [1.807, 2.05) is 0 Å². The van der Waals surface area contributed by atoms with Crippen molar-refractivity contribution in [1.29, 1.82) is 0 Å². The Balaban J connectivity index is 1.79. The molecule has 138 valence electrons. The second-order valence-electron chi connectivity index (χ2n) is 5.71. The molecule has 2 unspecified atom stereocenters. The van der Waals surface area contributed by atoms with Crippen LogP contribution >= 0.6 is 0 Å². The third-order valence-corrected chi connectivity index (χ3v) is 4.67. The van der Waals surface area contributed by atoms with Gasteiger partial charge in [0.1, 0.15) is 0 Å². The van der Waals surface area contributed by atoms with Crippen LogP contribution in [-0.2, 0) is 29.0 Å². The van der Waals surface area contributed by atoms with Crippen LogP contribution in [0.3, 0.4) is 0 Å². The highest BCUT2D eigenvalue weighted by Crippen LogP contribution is 2.13. The number of esters is 1. The summed E-state index contributed by atoms with van der Waals surface area (Å²) in [5, 5.41) is 4.98. The first-order valence-corrected chi connectivity index (χ1v) is 9.38. The molecule has 1 fully saturated rings. The van der Waals surface area contributed by atoms with E-state index in [0.717, 1.165) is 12.8 Å². The summed E-state index contributed by atoms with van der Waals surface area (Å²) in [7, 11) is -3.82. The molecule has 1 aromatic carbocycles. The lowest BCUT2D eigenvalue weighted by molar-refractivity contribution is -0.156. The molecule has 0 spiro atoms. The normalized spacial score (nSPS) is 18.7. The predicted molar refractivity (Wildman–Crippen MR) is 87.5 cm³/mol. The molecule has 2 N–H and O–H groups in total. The number of carbonyl (C=O) groups excluding carboxylic acids is 2. The van der Waals surface area contributed by atoms with E-state index >= 15 is 0 Å². The molecule has 8 nitrogen and oxygen atoms in total. The number of carbonyl (C=O) groups is 2. The number of nitrogens with two attached hydrogens (primary N) is 1. The molecule has 0 aromatic heterocycles. The van der Waals surface area contributed by atoms with E-state index in [4.69, 9.17) is 19.3 Å². The van der Waals surface area contributed by atoms with Gasteiger partial charge in [0.15, 0.2) is 18.5 Å². The zero-order chi connectivity index (χ0) is 18.4. The molecule has 9 heteroatoms. The van der Waals surface area contributed by atoms with Gasteiger partial charge >= 0.3 is 5.97 Å². The van der Waals surface area contributed by atoms with Crippen LogP contribution in [0.4, 0.5) is 0 Å². The van der Waals surface area contributed by atoms with E-state index in [1.165, 1.54) is 24.3 Å². The second-order valence-corrected chi connectivity index (χ2v) is 7.27. The molecule has 0 aliphatic carbocycles. The van der Waals surface area contributed by atoms with Crippen molar-refractivity contribution in [3.05, 3.63) is 29.8 Å². The Kier molecular flexibility index (Phi) is 6.65. The Morgan fingerprint density at radius 2 is 2.00 bits per heavy atom. The Hall–Kier alpha value is -1.81. The predicted octanol–water partition coefficient (Wildman–Crippen LogP) is 0.644. The smallest absolute Gasteiger partial charge is 0.335 e. The van der Waals surface area contributed by atoms with Gasteiger partial charge in [0.25, 0.3) is 0 Å². The zero-order valence-electron chi connectivity index (χ0n) is 13.8. The lowest BCUT2D eigenvalue weighted by atomic mass is 10.1. The van der Waals surface area contributed by atoms with Crippen LogP contribution in [0.15, 0.2) is 29.2 Å². The standard InChI is InChI=1S/C16H21NO7S/c1-11(23-9-13-3-2-8-22-13)16(19)24-10-15(18)12-4-6-14(7-5-12)25(17,20)21/h4-7,11,13H,2-3,8-10H2,1H3,(H2,17,20,21). The minimum Gasteiger partial charge on any atom is -0.455 e. The maximum atomic E-state index is 12.0. The van der Waals surface area contributed by atoms with Crippen molar-refractivity contribution in [1.82, 2.24) is 0 Å². The molecule has 1 aliphatic heterocycles. The van der Waals surface area contributed by atoms with E-state index in [9.17, 15) is 18.0 Å². The third-order valence-electron chi connectivity index (χ3n) is 3.74. The van der Waals surface area contributed by atoms with Crippen LogP contribution in [0, 0.1) is 0 Å². The zero-order valence-corrected chi connectivity index (χ0v) is 14.7.